The highest BCUT2D eigenvalue weighted by Gasteiger charge is 2.48. The van der Waals surface area contributed by atoms with E-state index >= 15 is 0 Å². The van der Waals surface area contributed by atoms with Gasteiger partial charge in [-0.05, 0) is 24.3 Å². The van der Waals surface area contributed by atoms with Crippen molar-refractivity contribution in [1.82, 2.24) is 4.98 Å². The van der Waals surface area contributed by atoms with Gasteiger partial charge in [0, 0.05) is 32.9 Å². The molecule has 22 heavy (non-hydrogen) atoms. The van der Waals surface area contributed by atoms with Crippen molar-refractivity contribution in [3.8, 4) is 5.75 Å². The molecule has 1 amide bonds. The Bertz CT molecular complexity index is 934. The van der Waals surface area contributed by atoms with Crippen molar-refractivity contribution in [3.63, 3.8) is 0 Å². The lowest BCUT2D eigenvalue weighted by Crippen LogP contribution is -2.35. The number of phenols is 1. The molecule has 0 bridgehead atoms. The molecule has 4 rings (SSSR count). The van der Waals surface area contributed by atoms with Crippen LogP contribution in [0.2, 0.25) is 0 Å². The zero-order chi connectivity index (χ0) is 15.5. The normalized spacial score (nSPS) is 20.2. The van der Waals surface area contributed by atoms with Gasteiger partial charge in [0.25, 0.3) is 5.91 Å². The zero-order valence-electron chi connectivity index (χ0n) is 11.2. The van der Waals surface area contributed by atoms with Crippen molar-refractivity contribution in [2.45, 2.75) is 5.60 Å². The van der Waals surface area contributed by atoms with Crippen molar-refractivity contribution in [1.29, 1.82) is 0 Å². The Balaban J connectivity index is 2.04. The van der Waals surface area contributed by atoms with Crippen LogP contribution in [-0.4, -0.2) is 21.1 Å². The molecule has 110 valence electrons. The first-order chi connectivity index (χ1) is 10.5. The summed E-state index contributed by atoms with van der Waals surface area (Å²) in [7, 11) is 0. The van der Waals surface area contributed by atoms with E-state index in [9.17, 15) is 15.0 Å². The molecule has 0 saturated heterocycles. The number of hydrogen-bond donors (Lipinski definition) is 4. The fourth-order valence-corrected chi connectivity index (χ4v) is 3.33. The molecule has 0 fully saturated rings. The minimum atomic E-state index is -1.80. The van der Waals surface area contributed by atoms with Gasteiger partial charge in [0.2, 0.25) is 0 Å². The summed E-state index contributed by atoms with van der Waals surface area (Å²) in [4.78, 5) is 15.4. The third-order valence-electron chi connectivity index (χ3n) is 4.03. The molecule has 0 unspecified atom stereocenters. The summed E-state index contributed by atoms with van der Waals surface area (Å²) < 4.78 is 0.767. The van der Waals surface area contributed by atoms with E-state index in [1.54, 1.807) is 42.6 Å². The van der Waals surface area contributed by atoms with Gasteiger partial charge in [-0.1, -0.05) is 28.1 Å². The second-order valence-corrected chi connectivity index (χ2v) is 6.17. The van der Waals surface area contributed by atoms with E-state index in [0.29, 0.717) is 27.7 Å². The van der Waals surface area contributed by atoms with Gasteiger partial charge in [0.15, 0.2) is 5.60 Å². The van der Waals surface area contributed by atoms with E-state index < -0.39 is 11.5 Å². The summed E-state index contributed by atoms with van der Waals surface area (Å²) in [5.74, 6) is -0.440. The number of carbonyl (C=O) groups excluding carboxylic acids is 1. The lowest BCUT2D eigenvalue weighted by molar-refractivity contribution is -0.129. The van der Waals surface area contributed by atoms with Gasteiger partial charge in [-0.25, -0.2) is 0 Å². The summed E-state index contributed by atoms with van der Waals surface area (Å²) in [5.41, 5.74) is 0.154. The van der Waals surface area contributed by atoms with Crippen LogP contribution in [0.25, 0.3) is 10.9 Å². The number of aliphatic hydroxyl groups is 1. The number of hydrogen-bond acceptors (Lipinski definition) is 3. The van der Waals surface area contributed by atoms with Gasteiger partial charge in [0.1, 0.15) is 5.75 Å². The predicted molar refractivity (Wildman–Crippen MR) is 85.7 cm³/mol. The van der Waals surface area contributed by atoms with Gasteiger partial charge in [-0.15, -0.1) is 0 Å². The number of carbonyl (C=O) groups is 1. The van der Waals surface area contributed by atoms with Crippen molar-refractivity contribution >= 4 is 38.4 Å². The minimum Gasteiger partial charge on any atom is -0.506 e. The Morgan fingerprint density at radius 2 is 1.95 bits per heavy atom. The van der Waals surface area contributed by atoms with E-state index in [0.717, 1.165) is 4.47 Å². The van der Waals surface area contributed by atoms with Gasteiger partial charge in [0.05, 0.1) is 5.52 Å². The zero-order valence-corrected chi connectivity index (χ0v) is 12.8. The molecule has 1 aliphatic rings. The number of aromatic hydroxyl groups is 1. The maximum atomic E-state index is 12.4. The number of phenolic OH excluding ortho intramolecular Hbond substituents is 1. The van der Waals surface area contributed by atoms with Gasteiger partial charge >= 0.3 is 0 Å². The topological polar surface area (TPSA) is 85.4 Å². The van der Waals surface area contributed by atoms with E-state index in [4.69, 9.17) is 0 Å². The van der Waals surface area contributed by atoms with E-state index in [1.807, 2.05) is 0 Å². The van der Waals surface area contributed by atoms with Gasteiger partial charge in [-0.2, -0.15) is 0 Å². The number of amides is 1. The summed E-state index contributed by atoms with van der Waals surface area (Å²) in [6.45, 7) is 0. The Labute approximate surface area is 133 Å². The number of benzene rings is 2. The van der Waals surface area contributed by atoms with Crippen LogP contribution >= 0.6 is 15.9 Å². The number of nitrogens with one attached hydrogen (secondary N) is 2. The Kier molecular flexibility index (Phi) is 2.64. The fraction of sp³-hybridized carbons (Fsp3) is 0.0625. The summed E-state index contributed by atoms with van der Waals surface area (Å²) >= 11 is 3.36. The van der Waals surface area contributed by atoms with E-state index in [2.05, 4.69) is 26.2 Å². The van der Waals surface area contributed by atoms with Crippen molar-refractivity contribution < 1.29 is 15.0 Å². The highest BCUT2D eigenvalue weighted by molar-refractivity contribution is 9.10. The van der Waals surface area contributed by atoms with Crippen LogP contribution in [0.5, 0.6) is 5.75 Å². The summed E-state index contributed by atoms with van der Waals surface area (Å²) in [5, 5.41) is 24.3. The van der Waals surface area contributed by atoms with Crippen LogP contribution in [0.1, 0.15) is 11.1 Å². The number of H-pyrrole nitrogens is 1. The molecule has 3 aromatic rings. The highest BCUT2D eigenvalue weighted by atomic mass is 79.9. The smallest absolute Gasteiger partial charge is 0.265 e. The molecule has 2 heterocycles. The van der Waals surface area contributed by atoms with Crippen molar-refractivity contribution in [2.24, 2.45) is 0 Å². The number of rotatable bonds is 1. The van der Waals surface area contributed by atoms with Crippen LogP contribution in [0.4, 0.5) is 5.69 Å². The predicted octanol–water partition coefficient (Wildman–Crippen LogP) is 2.82. The number of aromatic amines is 1. The largest absolute Gasteiger partial charge is 0.506 e. The van der Waals surface area contributed by atoms with Crippen LogP contribution in [0.3, 0.4) is 0 Å². The Hall–Kier alpha value is -2.31. The average Bonchev–Trinajstić information content (AvgIpc) is 3.03. The maximum absolute atomic E-state index is 12.4. The van der Waals surface area contributed by atoms with Crippen LogP contribution < -0.4 is 5.32 Å². The molecule has 6 heteroatoms. The minimum absolute atomic E-state index is 0.0696. The molecule has 1 atom stereocenters. The number of halogens is 1. The monoisotopic (exact) mass is 358 g/mol. The molecule has 1 aliphatic heterocycles. The standard InChI is InChI=1S/C16H11BrN2O3/c17-8-4-5-12-10(6-8)16(22,15(21)19-12)11-7-18-14-9(11)2-1-3-13(14)20/h1-7,18,20,22H,(H,19,21)/t16-/m1/s1. The summed E-state index contributed by atoms with van der Waals surface area (Å²) in [6.07, 6.45) is 1.56. The second-order valence-electron chi connectivity index (χ2n) is 5.26. The van der Waals surface area contributed by atoms with Crippen LogP contribution in [0, 0.1) is 0 Å². The molecule has 0 radical (unpaired) electrons. The highest BCUT2D eigenvalue weighted by Crippen LogP contribution is 2.44. The van der Waals surface area contributed by atoms with Crippen LogP contribution in [-0.2, 0) is 10.4 Å². The number of para-hydroxylation sites is 1. The third-order valence-corrected chi connectivity index (χ3v) is 4.52. The maximum Gasteiger partial charge on any atom is 0.265 e. The van der Waals surface area contributed by atoms with Crippen molar-refractivity contribution in [2.75, 3.05) is 5.32 Å². The SMILES string of the molecule is O=C1Nc2ccc(Br)cc2[C@@]1(O)c1c[nH]c2c(O)cccc12. The Morgan fingerprint density at radius 1 is 1.14 bits per heavy atom. The number of anilines is 1. The first-order valence-corrected chi connectivity index (χ1v) is 7.44. The van der Waals surface area contributed by atoms with Gasteiger partial charge < -0.3 is 20.5 Å². The fourth-order valence-electron chi connectivity index (χ4n) is 2.96. The number of fused-ring (bicyclic) bond motifs is 2. The number of aromatic nitrogens is 1. The summed E-state index contributed by atoms with van der Waals surface area (Å²) in [6, 6.07) is 10.2. The molecule has 4 N–H and O–H groups in total. The molecular weight excluding hydrogens is 348 g/mol. The molecule has 0 spiro atoms. The quantitative estimate of drug-likeness (QED) is 0.539. The molecule has 1 aromatic heterocycles. The molecular formula is C16H11BrN2O3. The second kappa shape index (κ2) is 4.34. The average molecular weight is 359 g/mol. The van der Waals surface area contributed by atoms with E-state index in [-0.39, 0.29) is 5.75 Å². The first-order valence-electron chi connectivity index (χ1n) is 6.65. The lowest BCUT2D eigenvalue weighted by Gasteiger charge is -2.20. The Morgan fingerprint density at radius 3 is 2.77 bits per heavy atom. The lowest BCUT2D eigenvalue weighted by atomic mass is 9.87. The molecule has 0 saturated carbocycles. The molecule has 2 aromatic carbocycles. The molecule has 0 aliphatic carbocycles. The third kappa shape index (κ3) is 1.59. The van der Waals surface area contributed by atoms with Crippen LogP contribution in [0.15, 0.2) is 47.1 Å². The van der Waals surface area contributed by atoms with E-state index in [1.165, 1.54) is 0 Å². The van der Waals surface area contributed by atoms with Crippen molar-refractivity contribution in [3.05, 3.63) is 58.2 Å². The first kappa shape index (κ1) is 13.4. The molecule has 5 nitrogen and oxygen atoms in total. The van der Waals surface area contributed by atoms with Gasteiger partial charge in [-0.3, -0.25) is 4.79 Å².